The van der Waals surface area contributed by atoms with E-state index in [1.165, 1.54) is 30.4 Å². The Hall–Kier alpha value is -1.28. The van der Waals surface area contributed by atoms with Crippen molar-refractivity contribution in [2.75, 3.05) is 14.2 Å². The van der Waals surface area contributed by atoms with Crippen LogP contribution in [0.15, 0.2) is 35.9 Å². The highest BCUT2D eigenvalue weighted by Crippen LogP contribution is 2.31. The van der Waals surface area contributed by atoms with Crippen LogP contribution in [0.5, 0.6) is 5.75 Å². The van der Waals surface area contributed by atoms with Crippen molar-refractivity contribution in [2.45, 2.75) is 25.3 Å². The van der Waals surface area contributed by atoms with Gasteiger partial charge in [0, 0.05) is 0 Å². The molecule has 2 nitrogen and oxygen atoms in total. The van der Waals surface area contributed by atoms with Crippen molar-refractivity contribution in [1.82, 2.24) is 5.32 Å². The van der Waals surface area contributed by atoms with Crippen molar-refractivity contribution in [3.63, 3.8) is 0 Å². The number of hydrogen-bond acceptors (Lipinski definition) is 2. The summed E-state index contributed by atoms with van der Waals surface area (Å²) in [5.74, 6) is 0.927. The van der Waals surface area contributed by atoms with E-state index in [0.717, 1.165) is 5.75 Å². The molecule has 1 unspecified atom stereocenters. The number of allylic oxidation sites excluding steroid dienone is 1. The van der Waals surface area contributed by atoms with Crippen LogP contribution in [-0.4, -0.2) is 14.2 Å². The molecule has 1 atom stereocenters. The standard InChI is InChI=1S/C14H19NO/c1-15-14(11-6-3-4-7-11)12-8-5-9-13(10-12)16-2/h5-6,8-10,14-15H,3-4,7H2,1-2H3. The Morgan fingerprint density at radius 2 is 2.25 bits per heavy atom. The van der Waals surface area contributed by atoms with Gasteiger partial charge in [0.2, 0.25) is 0 Å². The first-order chi connectivity index (χ1) is 7.85. The molecule has 1 aliphatic rings. The molecule has 0 spiro atoms. The first-order valence-electron chi connectivity index (χ1n) is 5.85. The first-order valence-corrected chi connectivity index (χ1v) is 5.85. The normalized spacial score (nSPS) is 17.0. The van der Waals surface area contributed by atoms with Gasteiger partial charge in [-0.3, -0.25) is 0 Å². The number of hydrogen-bond donors (Lipinski definition) is 1. The van der Waals surface area contributed by atoms with Crippen LogP contribution in [0.1, 0.15) is 30.9 Å². The summed E-state index contributed by atoms with van der Waals surface area (Å²) in [6.07, 6.45) is 6.08. The molecular weight excluding hydrogens is 198 g/mol. The first kappa shape index (κ1) is 11.2. The van der Waals surface area contributed by atoms with Gasteiger partial charge in [-0.2, -0.15) is 0 Å². The van der Waals surface area contributed by atoms with Crippen LogP contribution in [0, 0.1) is 0 Å². The summed E-state index contributed by atoms with van der Waals surface area (Å²) in [5.41, 5.74) is 2.80. The molecule has 0 amide bonds. The van der Waals surface area contributed by atoms with Gasteiger partial charge in [-0.25, -0.2) is 0 Å². The second-order valence-corrected chi connectivity index (χ2v) is 4.17. The van der Waals surface area contributed by atoms with Gasteiger partial charge >= 0.3 is 0 Å². The van der Waals surface area contributed by atoms with Gasteiger partial charge in [0.25, 0.3) is 0 Å². The Morgan fingerprint density at radius 1 is 1.38 bits per heavy atom. The van der Waals surface area contributed by atoms with E-state index in [1.807, 2.05) is 19.2 Å². The largest absolute Gasteiger partial charge is 0.497 e. The van der Waals surface area contributed by atoms with Gasteiger partial charge in [-0.05, 0) is 44.0 Å². The molecular formula is C14H19NO. The van der Waals surface area contributed by atoms with Gasteiger partial charge < -0.3 is 10.1 Å². The molecule has 0 radical (unpaired) electrons. The topological polar surface area (TPSA) is 21.3 Å². The fraction of sp³-hybridized carbons (Fsp3) is 0.429. The van der Waals surface area contributed by atoms with Gasteiger partial charge in [0.05, 0.1) is 13.2 Å². The summed E-state index contributed by atoms with van der Waals surface area (Å²) in [7, 11) is 3.73. The van der Waals surface area contributed by atoms with Crippen LogP contribution in [0.3, 0.4) is 0 Å². The van der Waals surface area contributed by atoms with Gasteiger partial charge in [-0.15, -0.1) is 0 Å². The molecule has 0 saturated carbocycles. The summed E-state index contributed by atoms with van der Waals surface area (Å²) >= 11 is 0. The minimum Gasteiger partial charge on any atom is -0.497 e. The highest BCUT2D eigenvalue weighted by molar-refractivity contribution is 5.35. The molecule has 0 aromatic heterocycles. The van der Waals surface area contributed by atoms with E-state index in [9.17, 15) is 0 Å². The fourth-order valence-electron chi connectivity index (χ4n) is 2.35. The molecule has 86 valence electrons. The second-order valence-electron chi connectivity index (χ2n) is 4.17. The van der Waals surface area contributed by atoms with Crippen molar-refractivity contribution in [3.05, 3.63) is 41.5 Å². The predicted molar refractivity (Wildman–Crippen MR) is 66.7 cm³/mol. The Labute approximate surface area is 97.3 Å². The monoisotopic (exact) mass is 217 g/mol. The van der Waals surface area contributed by atoms with Crippen LogP contribution >= 0.6 is 0 Å². The predicted octanol–water partition coefficient (Wildman–Crippen LogP) is 3.07. The highest BCUT2D eigenvalue weighted by atomic mass is 16.5. The Bertz CT molecular complexity index is 384. The smallest absolute Gasteiger partial charge is 0.119 e. The number of methoxy groups -OCH3 is 1. The lowest BCUT2D eigenvalue weighted by Crippen LogP contribution is -2.17. The van der Waals surface area contributed by atoms with Gasteiger partial charge in [0.15, 0.2) is 0 Å². The van der Waals surface area contributed by atoms with E-state index in [-0.39, 0.29) is 0 Å². The molecule has 0 heterocycles. The zero-order valence-corrected chi connectivity index (χ0v) is 9.99. The molecule has 2 rings (SSSR count). The SMILES string of the molecule is CNC(C1=CCCC1)c1cccc(OC)c1. The molecule has 16 heavy (non-hydrogen) atoms. The number of benzene rings is 1. The molecule has 1 aromatic rings. The molecule has 0 aliphatic heterocycles. The van der Waals surface area contributed by atoms with Crippen LogP contribution in [0.25, 0.3) is 0 Å². The minimum atomic E-state index is 0.345. The van der Waals surface area contributed by atoms with Crippen molar-refractivity contribution in [1.29, 1.82) is 0 Å². The third kappa shape index (κ3) is 2.27. The third-order valence-corrected chi connectivity index (χ3v) is 3.16. The van der Waals surface area contributed by atoms with Gasteiger partial charge in [-0.1, -0.05) is 23.8 Å². The molecule has 1 N–H and O–H groups in total. The lowest BCUT2D eigenvalue weighted by atomic mass is 9.98. The molecule has 0 bridgehead atoms. The fourth-order valence-corrected chi connectivity index (χ4v) is 2.35. The van der Waals surface area contributed by atoms with Crippen molar-refractivity contribution in [2.24, 2.45) is 0 Å². The summed E-state index contributed by atoms with van der Waals surface area (Å²) in [6, 6.07) is 8.65. The number of likely N-dealkylation sites (N-methyl/N-ethyl adjacent to an activating group) is 1. The van der Waals surface area contributed by atoms with E-state index in [0.29, 0.717) is 6.04 Å². The number of nitrogens with one attached hydrogen (secondary N) is 1. The van der Waals surface area contributed by atoms with E-state index >= 15 is 0 Å². The van der Waals surface area contributed by atoms with E-state index in [4.69, 9.17) is 4.74 Å². The Balaban J connectivity index is 2.25. The van der Waals surface area contributed by atoms with Crippen molar-refractivity contribution >= 4 is 0 Å². The van der Waals surface area contributed by atoms with E-state index in [2.05, 4.69) is 23.5 Å². The summed E-state index contributed by atoms with van der Waals surface area (Å²) in [5, 5.41) is 3.39. The van der Waals surface area contributed by atoms with Gasteiger partial charge in [0.1, 0.15) is 5.75 Å². The lowest BCUT2D eigenvalue weighted by Gasteiger charge is -2.18. The maximum Gasteiger partial charge on any atom is 0.119 e. The van der Waals surface area contributed by atoms with Crippen molar-refractivity contribution in [3.8, 4) is 5.75 Å². The second kappa shape index (κ2) is 5.17. The summed E-state index contributed by atoms with van der Waals surface area (Å²) in [4.78, 5) is 0. The Morgan fingerprint density at radius 3 is 2.88 bits per heavy atom. The minimum absolute atomic E-state index is 0.345. The number of ether oxygens (including phenoxy) is 1. The van der Waals surface area contributed by atoms with Crippen LogP contribution in [0.4, 0.5) is 0 Å². The zero-order chi connectivity index (χ0) is 11.4. The van der Waals surface area contributed by atoms with Crippen LogP contribution in [-0.2, 0) is 0 Å². The molecule has 0 fully saturated rings. The third-order valence-electron chi connectivity index (χ3n) is 3.16. The summed E-state index contributed by atoms with van der Waals surface area (Å²) in [6.45, 7) is 0. The average Bonchev–Trinajstić information content (AvgIpc) is 2.84. The van der Waals surface area contributed by atoms with E-state index < -0.39 is 0 Å². The quantitative estimate of drug-likeness (QED) is 0.783. The molecule has 1 aromatic carbocycles. The number of rotatable bonds is 4. The van der Waals surface area contributed by atoms with Crippen molar-refractivity contribution < 1.29 is 4.74 Å². The van der Waals surface area contributed by atoms with Crippen LogP contribution in [0.2, 0.25) is 0 Å². The summed E-state index contributed by atoms with van der Waals surface area (Å²) < 4.78 is 5.26. The maximum atomic E-state index is 5.26. The molecule has 1 aliphatic carbocycles. The average molecular weight is 217 g/mol. The molecule has 0 saturated heterocycles. The maximum absolute atomic E-state index is 5.26. The zero-order valence-electron chi connectivity index (χ0n) is 9.99. The van der Waals surface area contributed by atoms with Crippen LogP contribution < -0.4 is 10.1 Å². The highest BCUT2D eigenvalue weighted by Gasteiger charge is 2.17. The molecule has 2 heteroatoms. The lowest BCUT2D eigenvalue weighted by molar-refractivity contribution is 0.413. The van der Waals surface area contributed by atoms with E-state index in [1.54, 1.807) is 7.11 Å². The Kier molecular flexibility index (Phi) is 3.62.